The zero-order valence-electron chi connectivity index (χ0n) is 14.3. The Kier molecular flexibility index (Phi) is 3.22. The number of carbonyl (C=O) groups is 1. The number of allylic oxidation sites excluding steroid dienone is 4. The van der Waals surface area contributed by atoms with Gasteiger partial charge < -0.3 is 0 Å². The highest BCUT2D eigenvalue weighted by molar-refractivity contribution is 8.01. The Hall–Kier alpha value is -0.500. The van der Waals surface area contributed by atoms with E-state index in [0.29, 0.717) is 15.9 Å². The molecule has 5 rings (SSSR count). The lowest BCUT2D eigenvalue weighted by Gasteiger charge is -2.52. The zero-order chi connectivity index (χ0) is 15.7. The first-order valence-corrected chi connectivity index (χ1v) is 10.7. The van der Waals surface area contributed by atoms with Crippen LogP contribution in [0.5, 0.6) is 0 Å². The van der Waals surface area contributed by atoms with Crippen molar-refractivity contribution in [2.24, 2.45) is 17.3 Å². The van der Waals surface area contributed by atoms with Gasteiger partial charge in [-0.15, -0.1) is 0 Å². The fraction of sp³-hybridized carbons (Fsp3) is 0.762. The predicted octanol–water partition coefficient (Wildman–Crippen LogP) is 5.46. The van der Waals surface area contributed by atoms with Gasteiger partial charge in [0.1, 0.15) is 0 Å². The largest absolute Gasteiger partial charge is 0.295 e. The van der Waals surface area contributed by atoms with E-state index >= 15 is 0 Å². The number of carbonyl (C=O) groups excluding carboxylic acids is 1. The number of hydrogen-bond acceptors (Lipinski definition) is 2. The molecule has 1 heterocycles. The smallest absolute Gasteiger partial charge is 0.156 e. The van der Waals surface area contributed by atoms with Gasteiger partial charge in [0.15, 0.2) is 5.78 Å². The summed E-state index contributed by atoms with van der Waals surface area (Å²) in [4.78, 5) is 11.8. The van der Waals surface area contributed by atoms with Crippen LogP contribution in [0.4, 0.5) is 0 Å². The Bertz CT molecular complexity index is 622. The van der Waals surface area contributed by atoms with Crippen LogP contribution in [0.1, 0.15) is 71.1 Å². The third kappa shape index (κ3) is 1.91. The van der Waals surface area contributed by atoms with Gasteiger partial charge >= 0.3 is 0 Å². The highest BCUT2D eigenvalue weighted by Crippen LogP contribution is 2.69. The molecule has 0 aromatic rings. The maximum atomic E-state index is 11.8. The van der Waals surface area contributed by atoms with Crippen molar-refractivity contribution in [3.63, 3.8) is 0 Å². The molecule has 4 atom stereocenters. The molecule has 0 bridgehead atoms. The standard InChI is InChI=1S/C21H28OS/c1-20-10-7-17-16-6-4-15(22)13-14(16)3-5-18(17)19(20)8-11-21(20)9-2-12-23-21/h13,18-19H,2-12H2,1H3/t18-,19+,20+,21+/m1/s1. The van der Waals surface area contributed by atoms with E-state index in [1.54, 1.807) is 11.1 Å². The molecule has 0 radical (unpaired) electrons. The predicted molar refractivity (Wildman–Crippen MR) is 96.6 cm³/mol. The third-order valence-corrected chi connectivity index (χ3v) is 10.0. The summed E-state index contributed by atoms with van der Waals surface area (Å²) < 4.78 is 0.618. The van der Waals surface area contributed by atoms with E-state index in [9.17, 15) is 4.79 Å². The van der Waals surface area contributed by atoms with Crippen molar-refractivity contribution < 1.29 is 4.79 Å². The van der Waals surface area contributed by atoms with Crippen molar-refractivity contribution in [2.45, 2.75) is 75.9 Å². The quantitative estimate of drug-likeness (QED) is 0.587. The zero-order valence-corrected chi connectivity index (χ0v) is 15.1. The first-order valence-electron chi connectivity index (χ1n) is 9.73. The molecule has 5 aliphatic rings. The topological polar surface area (TPSA) is 17.1 Å². The molecule has 124 valence electrons. The van der Waals surface area contributed by atoms with Crippen molar-refractivity contribution in [3.05, 3.63) is 22.8 Å². The number of hydrogen-bond donors (Lipinski definition) is 0. The van der Waals surface area contributed by atoms with Crippen LogP contribution in [0.15, 0.2) is 22.8 Å². The van der Waals surface area contributed by atoms with Crippen LogP contribution in [0.3, 0.4) is 0 Å². The van der Waals surface area contributed by atoms with Crippen LogP contribution in [0.2, 0.25) is 0 Å². The average molecular weight is 329 g/mol. The molecule has 0 aromatic carbocycles. The molecule has 0 unspecified atom stereocenters. The Morgan fingerprint density at radius 1 is 1.09 bits per heavy atom. The lowest BCUT2D eigenvalue weighted by molar-refractivity contribution is -0.114. The summed E-state index contributed by atoms with van der Waals surface area (Å²) in [5, 5.41) is 0. The molecule has 4 aliphatic carbocycles. The van der Waals surface area contributed by atoms with E-state index < -0.39 is 0 Å². The van der Waals surface area contributed by atoms with Crippen LogP contribution in [-0.2, 0) is 4.79 Å². The molecule has 2 heteroatoms. The fourth-order valence-corrected chi connectivity index (χ4v) is 8.78. The van der Waals surface area contributed by atoms with Crippen molar-refractivity contribution >= 4 is 17.5 Å². The second kappa shape index (κ2) is 5.00. The molecule has 1 nitrogen and oxygen atoms in total. The van der Waals surface area contributed by atoms with Crippen LogP contribution < -0.4 is 0 Å². The van der Waals surface area contributed by atoms with E-state index in [-0.39, 0.29) is 0 Å². The molecule has 3 fully saturated rings. The Morgan fingerprint density at radius 2 is 2.00 bits per heavy atom. The van der Waals surface area contributed by atoms with Gasteiger partial charge in [0.25, 0.3) is 0 Å². The van der Waals surface area contributed by atoms with E-state index in [2.05, 4.69) is 18.7 Å². The molecule has 0 amide bonds. The van der Waals surface area contributed by atoms with Gasteiger partial charge in [0, 0.05) is 11.2 Å². The van der Waals surface area contributed by atoms with Gasteiger partial charge in [-0.1, -0.05) is 12.5 Å². The summed E-state index contributed by atoms with van der Waals surface area (Å²) in [6, 6.07) is 0. The Labute approximate surface area is 144 Å². The molecule has 0 N–H and O–H groups in total. The Morgan fingerprint density at radius 3 is 2.83 bits per heavy atom. The Balaban J connectivity index is 1.54. The first-order chi connectivity index (χ1) is 11.1. The summed E-state index contributed by atoms with van der Waals surface area (Å²) >= 11 is 2.33. The number of ketones is 1. The van der Waals surface area contributed by atoms with Crippen LogP contribution in [0, 0.1) is 17.3 Å². The maximum Gasteiger partial charge on any atom is 0.156 e. The summed E-state index contributed by atoms with van der Waals surface area (Å²) in [6.45, 7) is 2.65. The summed E-state index contributed by atoms with van der Waals surface area (Å²) in [5.41, 5.74) is 5.41. The lowest BCUT2D eigenvalue weighted by Crippen LogP contribution is -2.46. The molecule has 23 heavy (non-hydrogen) atoms. The first kappa shape index (κ1) is 14.8. The van der Waals surface area contributed by atoms with Crippen molar-refractivity contribution in [1.29, 1.82) is 0 Å². The molecule has 1 spiro atoms. The number of rotatable bonds is 0. The molecule has 1 saturated heterocycles. The molecule has 1 aliphatic heterocycles. The monoisotopic (exact) mass is 328 g/mol. The van der Waals surface area contributed by atoms with Gasteiger partial charge in [-0.2, -0.15) is 11.8 Å². The molecule has 2 saturated carbocycles. The summed E-state index contributed by atoms with van der Waals surface area (Å²) in [5.74, 6) is 3.53. The summed E-state index contributed by atoms with van der Waals surface area (Å²) in [7, 11) is 0. The highest BCUT2D eigenvalue weighted by Gasteiger charge is 2.61. The SMILES string of the molecule is C[C@]12CCC3=C4CCC(=O)C=C4CC[C@H]3[C@@H]1CC[C@@]21CCCS1. The van der Waals surface area contributed by atoms with Crippen molar-refractivity contribution in [3.8, 4) is 0 Å². The minimum absolute atomic E-state index is 0.366. The highest BCUT2D eigenvalue weighted by atomic mass is 32.2. The van der Waals surface area contributed by atoms with Crippen LogP contribution >= 0.6 is 11.8 Å². The second-order valence-electron chi connectivity index (χ2n) is 8.79. The van der Waals surface area contributed by atoms with E-state index in [4.69, 9.17) is 0 Å². The van der Waals surface area contributed by atoms with Crippen molar-refractivity contribution in [2.75, 3.05) is 5.75 Å². The third-order valence-electron chi connectivity index (χ3n) is 8.13. The van der Waals surface area contributed by atoms with Crippen molar-refractivity contribution in [1.82, 2.24) is 0 Å². The van der Waals surface area contributed by atoms with Gasteiger partial charge in [0.05, 0.1) is 0 Å². The maximum absolute atomic E-state index is 11.8. The van der Waals surface area contributed by atoms with E-state index in [1.807, 2.05) is 6.08 Å². The molecule has 0 aromatic heterocycles. The number of thioether (sulfide) groups is 1. The van der Waals surface area contributed by atoms with E-state index in [1.165, 1.54) is 62.7 Å². The molecular weight excluding hydrogens is 300 g/mol. The summed E-state index contributed by atoms with van der Waals surface area (Å²) in [6.07, 6.45) is 14.9. The van der Waals surface area contributed by atoms with Crippen LogP contribution in [0.25, 0.3) is 0 Å². The normalized spacial score (nSPS) is 45.8. The van der Waals surface area contributed by atoms with Gasteiger partial charge in [-0.05, 0) is 98.0 Å². The minimum atomic E-state index is 0.366. The van der Waals surface area contributed by atoms with Gasteiger partial charge in [-0.25, -0.2) is 0 Å². The van der Waals surface area contributed by atoms with E-state index in [0.717, 1.165) is 24.7 Å². The van der Waals surface area contributed by atoms with Crippen LogP contribution in [-0.4, -0.2) is 16.3 Å². The van der Waals surface area contributed by atoms with Gasteiger partial charge in [0.2, 0.25) is 0 Å². The average Bonchev–Trinajstić information content (AvgIpc) is 3.14. The molecular formula is C21H28OS. The fourth-order valence-electron chi connectivity index (χ4n) is 6.97. The lowest BCUT2D eigenvalue weighted by atomic mass is 9.55. The number of fused-ring (bicyclic) bond motifs is 5. The second-order valence-corrected chi connectivity index (χ2v) is 10.3. The van der Waals surface area contributed by atoms with Gasteiger partial charge in [-0.3, -0.25) is 4.79 Å². The minimum Gasteiger partial charge on any atom is -0.295 e.